The normalized spacial score (nSPS) is 30.7. The summed E-state index contributed by atoms with van der Waals surface area (Å²) < 4.78 is 2.35. The molecule has 15 heavy (non-hydrogen) atoms. The molecule has 0 radical (unpaired) electrons. The first-order valence-electron chi connectivity index (χ1n) is 6.14. The van der Waals surface area contributed by atoms with E-state index in [9.17, 15) is 0 Å². The quantitative estimate of drug-likeness (QED) is 0.822. The zero-order valence-corrected chi connectivity index (χ0v) is 9.32. The second kappa shape index (κ2) is 3.54. The molecule has 0 aromatic carbocycles. The van der Waals surface area contributed by atoms with E-state index in [1.54, 1.807) is 0 Å². The Morgan fingerprint density at radius 1 is 1.40 bits per heavy atom. The molecule has 82 valence electrons. The Balaban J connectivity index is 1.73. The molecule has 0 bridgehead atoms. The van der Waals surface area contributed by atoms with Gasteiger partial charge in [0.25, 0.3) is 0 Å². The Hall–Kier alpha value is -0.990. The van der Waals surface area contributed by atoms with Crippen molar-refractivity contribution in [2.75, 3.05) is 5.32 Å². The molecule has 1 heterocycles. The summed E-state index contributed by atoms with van der Waals surface area (Å²) in [5.41, 5.74) is 0. The molecule has 3 nitrogen and oxygen atoms in total. The molecule has 2 fully saturated rings. The zero-order chi connectivity index (χ0) is 10.3. The van der Waals surface area contributed by atoms with Gasteiger partial charge in [0.1, 0.15) is 0 Å². The minimum absolute atomic E-state index is 0.674. The lowest BCUT2D eigenvalue weighted by Gasteiger charge is -2.15. The fourth-order valence-electron chi connectivity index (χ4n) is 2.59. The Morgan fingerprint density at radius 2 is 2.13 bits per heavy atom. The highest BCUT2D eigenvalue weighted by atomic mass is 15.2. The highest BCUT2D eigenvalue weighted by Crippen LogP contribution is 2.35. The van der Waals surface area contributed by atoms with Gasteiger partial charge in [0, 0.05) is 24.5 Å². The number of hydrogen-bond donors (Lipinski definition) is 1. The van der Waals surface area contributed by atoms with E-state index in [-0.39, 0.29) is 0 Å². The number of rotatable bonds is 3. The van der Waals surface area contributed by atoms with Crippen LogP contribution in [0.1, 0.15) is 45.1 Å². The SMILES string of the molecule is CC1CC1Nc1nccn1C1CCCC1. The van der Waals surface area contributed by atoms with Crippen LogP contribution in [-0.2, 0) is 0 Å². The van der Waals surface area contributed by atoms with Crippen molar-refractivity contribution in [2.45, 2.75) is 51.1 Å². The second-order valence-corrected chi connectivity index (χ2v) is 5.06. The number of nitrogens with zero attached hydrogens (tertiary/aromatic N) is 2. The molecule has 2 saturated carbocycles. The molecule has 1 aromatic heterocycles. The minimum Gasteiger partial charge on any atom is -0.353 e. The summed E-state index contributed by atoms with van der Waals surface area (Å²) in [6.07, 6.45) is 10.8. The highest BCUT2D eigenvalue weighted by Gasteiger charge is 2.33. The van der Waals surface area contributed by atoms with Crippen molar-refractivity contribution in [1.29, 1.82) is 0 Å². The van der Waals surface area contributed by atoms with Crippen molar-refractivity contribution in [3.8, 4) is 0 Å². The van der Waals surface area contributed by atoms with Crippen LogP contribution in [0.3, 0.4) is 0 Å². The van der Waals surface area contributed by atoms with Gasteiger partial charge >= 0.3 is 0 Å². The number of aromatic nitrogens is 2. The van der Waals surface area contributed by atoms with E-state index in [2.05, 4.69) is 28.0 Å². The van der Waals surface area contributed by atoms with Crippen molar-refractivity contribution >= 4 is 5.95 Å². The first-order valence-corrected chi connectivity index (χ1v) is 6.14. The van der Waals surface area contributed by atoms with Crippen LogP contribution in [0.15, 0.2) is 12.4 Å². The lowest BCUT2D eigenvalue weighted by atomic mass is 10.2. The zero-order valence-electron chi connectivity index (χ0n) is 9.32. The van der Waals surface area contributed by atoms with Gasteiger partial charge in [0.05, 0.1) is 0 Å². The van der Waals surface area contributed by atoms with E-state index in [4.69, 9.17) is 0 Å². The van der Waals surface area contributed by atoms with E-state index < -0.39 is 0 Å². The number of imidazole rings is 1. The summed E-state index contributed by atoms with van der Waals surface area (Å²) in [5.74, 6) is 1.93. The lowest BCUT2D eigenvalue weighted by Crippen LogP contribution is -2.13. The second-order valence-electron chi connectivity index (χ2n) is 5.06. The van der Waals surface area contributed by atoms with Gasteiger partial charge in [-0.2, -0.15) is 0 Å². The van der Waals surface area contributed by atoms with Gasteiger partial charge in [-0.05, 0) is 25.2 Å². The van der Waals surface area contributed by atoms with E-state index in [1.165, 1.54) is 32.1 Å². The molecule has 1 aromatic rings. The van der Waals surface area contributed by atoms with Gasteiger partial charge in [-0.25, -0.2) is 4.98 Å². The third-order valence-corrected chi connectivity index (χ3v) is 3.81. The average Bonchev–Trinajstić information content (AvgIpc) is 2.72. The van der Waals surface area contributed by atoms with Gasteiger partial charge in [0.15, 0.2) is 0 Å². The summed E-state index contributed by atoms with van der Waals surface area (Å²) >= 11 is 0. The van der Waals surface area contributed by atoms with Crippen LogP contribution in [0.5, 0.6) is 0 Å². The van der Waals surface area contributed by atoms with Gasteiger partial charge in [-0.1, -0.05) is 19.8 Å². The van der Waals surface area contributed by atoms with Crippen molar-refractivity contribution < 1.29 is 0 Å². The number of anilines is 1. The maximum absolute atomic E-state index is 4.43. The van der Waals surface area contributed by atoms with Crippen molar-refractivity contribution in [3.05, 3.63) is 12.4 Å². The van der Waals surface area contributed by atoms with Crippen LogP contribution in [-0.4, -0.2) is 15.6 Å². The average molecular weight is 205 g/mol. The fraction of sp³-hybridized carbons (Fsp3) is 0.750. The van der Waals surface area contributed by atoms with Crippen LogP contribution in [0.2, 0.25) is 0 Å². The fourth-order valence-corrected chi connectivity index (χ4v) is 2.59. The molecule has 2 aliphatic rings. The third kappa shape index (κ3) is 1.75. The highest BCUT2D eigenvalue weighted by molar-refractivity contribution is 5.31. The Labute approximate surface area is 90.9 Å². The van der Waals surface area contributed by atoms with E-state index >= 15 is 0 Å². The summed E-state index contributed by atoms with van der Waals surface area (Å²) in [4.78, 5) is 4.43. The number of hydrogen-bond acceptors (Lipinski definition) is 2. The molecule has 2 aliphatic carbocycles. The van der Waals surface area contributed by atoms with Gasteiger partial charge in [0.2, 0.25) is 5.95 Å². The predicted octanol–water partition coefficient (Wildman–Crippen LogP) is 2.82. The van der Waals surface area contributed by atoms with Gasteiger partial charge in [-0.3, -0.25) is 0 Å². The molecular weight excluding hydrogens is 186 g/mol. The van der Waals surface area contributed by atoms with Crippen LogP contribution in [0.4, 0.5) is 5.95 Å². The maximum atomic E-state index is 4.43. The summed E-state index contributed by atoms with van der Waals surface area (Å²) in [6, 6.07) is 1.37. The minimum atomic E-state index is 0.674. The molecule has 1 N–H and O–H groups in total. The van der Waals surface area contributed by atoms with Crippen LogP contribution >= 0.6 is 0 Å². The molecule has 2 unspecified atom stereocenters. The first kappa shape index (κ1) is 9.25. The first-order chi connectivity index (χ1) is 7.34. The monoisotopic (exact) mass is 205 g/mol. The largest absolute Gasteiger partial charge is 0.353 e. The van der Waals surface area contributed by atoms with Crippen LogP contribution in [0.25, 0.3) is 0 Å². The molecule has 3 rings (SSSR count). The molecular formula is C12H19N3. The van der Waals surface area contributed by atoms with E-state index in [0.29, 0.717) is 12.1 Å². The summed E-state index contributed by atoms with van der Waals surface area (Å²) in [7, 11) is 0. The van der Waals surface area contributed by atoms with Crippen molar-refractivity contribution in [3.63, 3.8) is 0 Å². The third-order valence-electron chi connectivity index (χ3n) is 3.81. The molecule has 0 spiro atoms. The van der Waals surface area contributed by atoms with Crippen LogP contribution < -0.4 is 5.32 Å². The standard InChI is InChI=1S/C12H19N3/c1-9-8-11(9)14-12-13-6-7-15(12)10-4-2-3-5-10/h6-7,9-11H,2-5,8H2,1H3,(H,13,14). The maximum Gasteiger partial charge on any atom is 0.203 e. The Morgan fingerprint density at radius 3 is 2.80 bits per heavy atom. The number of nitrogens with one attached hydrogen (secondary N) is 1. The topological polar surface area (TPSA) is 29.9 Å². The Kier molecular flexibility index (Phi) is 2.19. The molecule has 0 amide bonds. The summed E-state index contributed by atoms with van der Waals surface area (Å²) in [5, 5.41) is 3.54. The molecule has 3 heteroatoms. The predicted molar refractivity (Wildman–Crippen MR) is 60.9 cm³/mol. The smallest absolute Gasteiger partial charge is 0.203 e. The molecule has 0 aliphatic heterocycles. The van der Waals surface area contributed by atoms with E-state index in [0.717, 1.165) is 11.9 Å². The molecule has 0 saturated heterocycles. The molecule has 2 atom stereocenters. The lowest BCUT2D eigenvalue weighted by molar-refractivity contribution is 0.522. The van der Waals surface area contributed by atoms with Gasteiger partial charge in [-0.15, -0.1) is 0 Å². The van der Waals surface area contributed by atoms with Crippen LogP contribution in [0, 0.1) is 5.92 Å². The van der Waals surface area contributed by atoms with E-state index in [1.807, 2.05) is 6.20 Å². The van der Waals surface area contributed by atoms with Crippen molar-refractivity contribution in [1.82, 2.24) is 9.55 Å². The summed E-state index contributed by atoms with van der Waals surface area (Å²) in [6.45, 7) is 2.29. The van der Waals surface area contributed by atoms with Gasteiger partial charge < -0.3 is 9.88 Å². The van der Waals surface area contributed by atoms with Crippen molar-refractivity contribution in [2.24, 2.45) is 5.92 Å². The Bertz CT molecular complexity index is 338.